The van der Waals surface area contributed by atoms with Crippen molar-refractivity contribution in [2.45, 2.75) is 18.7 Å². The fraction of sp³-hybridized carbons (Fsp3) is 0.455. The lowest BCUT2D eigenvalue weighted by molar-refractivity contribution is -0.125. The first-order chi connectivity index (χ1) is 7.94. The van der Waals surface area contributed by atoms with Gasteiger partial charge in [-0.3, -0.25) is 0 Å². The fourth-order valence-electron chi connectivity index (χ4n) is 1.78. The summed E-state index contributed by atoms with van der Waals surface area (Å²) in [5.74, 6) is 0.182. The Labute approximate surface area is 95.6 Å². The van der Waals surface area contributed by atoms with Gasteiger partial charge in [-0.2, -0.15) is 13.2 Å². The van der Waals surface area contributed by atoms with E-state index in [0.29, 0.717) is 17.7 Å². The van der Waals surface area contributed by atoms with Gasteiger partial charge in [-0.05, 0) is 18.2 Å². The van der Waals surface area contributed by atoms with Crippen LogP contribution in [0.25, 0.3) is 0 Å². The lowest BCUT2D eigenvalue weighted by Gasteiger charge is -2.13. The smallest absolute Gasteiger partial charge is 0.401 e. The molecule has 2 nitrogen and oxygen atoms in total. The quantitative estimate of drug-likeness (QED) is 0.830. The number of halogens is 4. The van der Waals surface area contributed by atoms with Crippen molar-refractivity contribution in [2.75, 3.05) is 13.1 Å². The van der Waals surface area contributed by atoms with E-state index < -0.39 is 12.7 Å². The molecule has 1 aliphatic heterocycles. The van der Waals surface area contributed by atoms with Crippen LogP contribution < -0.4 is 10.1 Å². The second kappa shape index (κ2) is 4.52. The van der Waals surface area contributed by atoms with E-state index in [1.54, 1.807) is 0 Å². The molecule has 1 unspecified atom stereocenters. The monoisotopic (exact) mass is 249 g/mol. The Bertz CT molecular complexity index is 405. The molecular formula is C11H11F4NO. The predicted molar refractivity (Wildman–Crippen MR) is 53.4 cm³/mol. The van der Waals surface area contributed by atoms with Crippen molar-refractivity contribution in [3.63, 3.8) is 0 Å². The summed E-state index contributed by atoms with van der Waals surface area (Å²) in [6, 6.07) is 4.11. The minimum absolute atomic E-state index is 0.0931. The van der Waals surface area contributed by atoms with Crippen molar-refractivity contribution in [3.05, 3.63) is 29.6 Å². The largest absolute Gasteiger partial charge is 0.488 e. The lowest BCUT2D eigenvalue weighted by Crippen LogP contribution is -2.36. The Morgan fingerprint density at radius 1 is 1.35 bits per heavy atom. The Balaban J connectivity index is 1.84. The van der Waals surface area contributed by atoms with Gasteiger partial charge < -0.3 is 10.1 Å². The first-order valence-corrected chi connectivity index (χ1v) is 5.16. The maximum Gasteiger partial charge on any atom is 0.401 e. The highest BCUT2D eigenvalue weighted by Gasteiger charge is 2.28. The van der Waals surface area contributed by atoms with Gasteiger partial charge in [0.05, 0.1) is 6.54 Å². The number of rotatable bonds is 3. The molecule has 1 atom stereocenters. The second-order valence-electron chi connectivity index (χ2n) is 3.94. The zero-order valence-electron chi connectivity index (χ0n) is 8.85. The molecule has 94 valence electrons. The van der Waals surface area contributed by atoms with Crippen molar-refractivity contribution in [3.8, 4) is 5.75 Å². The molecule has 0 saturated carbocycles. The van der Waals surface area contributed by atoms with Gasteiger partial charge in [-0.15, -0.1) is 0 Å². The van der Waals surface area contributed by atoms with Crippen molar-refractivity contribution in [1.82, 2.24) is 5.32 Å². The van der Waals surface area contributed by atoms with Gasteiger partial charge >= 0.3 is 6.18 Å². The molecule has 0 spiro atoms. The number of fused-ring (bicyclic) bond motifs is 1. The van der Waals surface area contributed by atoms with Gasteiger partial charge in [0.25, 0.3) is 0 Å². The Hall–Kier alpha value is -1.30. The summed E-state index contributed by atoms with van der Waals surface area (Å²) in [5, 5.41) is 2.27. The predicted octanol–water partition coefficient (Wildman–Crippen LogP) is 2.28. The summed E-state index contributed by atoms with van der Waals surface area (Å²) in [7, 11) is 0. The number of hydrogen-bond donors (Lipinski definition) is 1. The first-order valence-electron chi connectivity index (χ1n) is 5.16. The van der Waals surface area contributed by atoms with Crippen LogP contribution in [0.2, 0.25) is 0 Å². The SMILES string of the molecule is Fc1ccc2c(c1)CC(CNCC(F)(F)F)O2. The van der Waals surface area contributed by atoms with Crippen LogP contribution in [0.4, 0.5) is 17.6 Å². The minimum atomic E-state index is -4.22. The third kappa shape index (κ3) is 3.33. The molecule has 17 heavy (non-hydrogen) atoms. The van der Waals surface area contributed by atoms with Crippen molar-refractivity contribution in [1.29, 1.82) is 0 Å². The van der Waals surface area contributed by atoms with Gasteiger partial charge in [-0.25, -0.2) is 4.39 Å². The standard InChI is InChI=1S/C11H11F4NO/c12-8-1-2-10-7(3-8)4-9(17-10)5-16-6-11(13,14)15/h1-3,9,16H,4-6H2. The van der Waals surface area contributed by atoms with Crippen molar-refractivity contribution in [2.24, 2.45) is 0 Å². The summed E-state index contributed by atoms with van der Waals surface area (Å²) in [4.78, 5) is 0. The highest BCUT2D eigenvalue weighted by atomic mass is 19.4. The maximum absolute atomic E-state index is 12.9. The molecule has 0 amide bonds. The van der Waals surface area contributed by atoms with Crippen LogP contribution in [0.5, 0.6) is 5.75 Å². The molecule has 1 aromatic rings. The number of benzene rings is 1. The maximum atomic E-state index is 12.9. The zero-order valence-corrected chi connectivity index (χ0v) is 8.85. The van der Waals surface area contributed by atoms with E-state index in [0.717, 1.165) is 0 Å². The van der Waals surface area contributed by atoms with Gasteiger partial charge in [0.15, 0.2) is 0 Å². The molecule has 0 fully saturated rings. The first kappa shape index (κ1) is 12.2. The number of alkyl halides is 3. The van der Waals surface area contributed by atoms with Crippen LogP contribution >= 0.6 is 0 Å². The topological polar surface area (TPSA) is 21.3 Å². The van der Waals surface area contributed by atoms with E-state index in [2.05, 4.69) is 5.32 Å². The molecule has 6 heteroatoms. The zero-order chi connectivity index (χ0) is 12.5. The van der Waals surface area contributed by atoms with E-state index in [1.165, 1.54) is 18.2 Å². The molecule has 2 rings (SSSR count). The highest BCUT2D eigenvalue weighted by Crippen LogP contribution is 2.29. The summed E-state index contributed by atoms with van der Waals surface area (Å²) >= 11 is 0. The Morgan fingerprint density at radius 3 is 2.82 bits per heavy atom. The van der Waals surface area contributed by atoms with E-state index in [9.17, 15) is 17.6 Å². The Morgan fingerprint density at radius 2 is 2.12 bits per heavy atom. The van der Waals surface area contributed by atoms with Crippen LogP contribution in [0.3, 0.4) is 0 Å². The van der Waals surface area contributed by atoms with E-state index in [4.69, 9.17) is 4.74 Å². The molecule has 0 bridgehead atoms. The lowest BCUT2D eigenvalue weighted by atomic mass is 10.1. The van der Waals surface area contributed by atoms with Crippen molar-refractivity contribution < 1.29 is 22.3 Å². The summed E-state index contributed by atoms with van der Waals surface area (Å²) < 4.78 is 53.9. The van der Waals surface area contributed by atoms with Crippen LogP contribution in [-0.4, -0.2) is 25.4 Å². The van der Waals surface area contributed by atoms with Crippen LogP contribution in [0.1, 0.15) is 5.56 Å². The minimum Gasteiger partial charge on any atom is -0.488 e. The molecule has 0 aliphatic carbocycles. The molecular weight excluding hydrogens is 238 g/mol. The van der Waals surface area contributed by atoms with Crippen LogP contribution in [-0.2, 0) is 6.42 Å². The molecule has 0 radical (unpaired) electrons. The van der Waals surface area contributed by atoms with Gasteiger partial charge in [0.1, 0.15) is 17.7 Å². The second-order valence-corrected chi connectivity index (χ2v) is 3.94. The molecule has 0 saturated heterocycles. The van der Waals surface area contributed by atoms with Gasteiger partial charge in [0, 0.05) is 18.5 Å². The van der Waals surface area contributed by atoms with E-state index in [1.807, 2.05) is 0 Å². The molecule has 1 heterocycles. The number of hydrogen-bond acceptors (Lipinski definition) is 2. The third-order valence-corrected chi connectivity index (χ3v) is 2.46. The number of nitrogens with one attached hydrogen (secondary N) is 1. The summed E-state index contributed by atoms with van der Waals surface area (Å²) in [5.41, 5.74) is 0.698. The normalized spacial score (nSPS) is 18.9. The molecule has 1 N–H and O–H groups in total. The van der Waals surface area contributed by atoms with E-state index >= 15 is 0 Å². The average molecular weight is 249 g/mol. The van der Waals surface area contributed by atoms with Crippen LogP contribution in [0, 0.1) is 5.82 Å². The fourth-order valence-corrected chi connectivity index (χ4v) is 1.78. The average Bonchev–Trinajstić information content (AvgIpc) is 2.57. The van der Waals surface area contributed by atoms with E-state index in [-0.39, 0.29) is 18.5 Å². The molecule has 1 aliphatic rings. The summed E-state index contributed by atoms with van der Waals surface area (Å²) in [6.07, 6.45) is -4.16. The van der Waals surface area contributed by atoms with Gasteiger partial charge in [0.2, 0.25) is 0 Å². The Kier molecular flexibility index (Phi) is 3.24. The van der Waals surface area contributed by atoms with Crippen LogP contribution in [0.15, 0.2) is 18.2 Å². The molecule has 0 aromatic heterocycles. The summed E-state index contributed by atoms with van der Waals surface area (Å²) in [6.45, 7) is -0.951. The van der Waals surface area contributed by atoms with Gasteiger partial charge in [-0.1, -0.05) is 0 Å². The molecule has 1 aromatic carbocycles. The van der Waals surface area contributed by atoms with Crippen molar-refractivity contribution >= 4 is 0 Å². The number of ether oxygens (including phenoxy) is 1. The highest BCUT2D eigenvalue weighted by molar-refractivity contribution is 5.37. The third-order valence-electron chi connectivity index (χ3n) is 2.46.